The van der Waals surface area contributed by atoms with E-state index in [2.05, 4.69) is 41.1 Å². The number of hydrogen-bond donors (Lipinski definition) is 0. The molecular formula is C15H21BrO. The van der Waals surface area contributed by atoms with Crippen LogP contribution < -0.4 is 4.74 Å². The number of ether oxygens (including phenoxy) is 1. The van der Waals surface area contributed by atoms with Gasteiger partial charge < -0.3 is 4.74 Å². The van der Waals surface area contributed by atoms with Crippen molar-refractivity contribution >= 4 is 15.9 Å². The van der Waals surface area contributed by atoms with Crippen LogP contribution in [0.4, 0.5) is 0 Å². The number of para-hydroxylation sites is 1. The van der Waals surface area contributed by atoms with E-state index < -0.39 is 0 Å². The quantitative estimate of drug-likeness (QED) is 0.716. The minimum atomic E-state index is 0.387. The van der Waals surface area contributed by atoms with E-state index in [0.29, 0.717) is 5.41 Å². The van der Waals surface area contributed by atoms with Crippen LogP contribution in [0.1, 0.15) is 44.6 Å². The molecule has 0 atom stereocenters. The van der Waals surface area contributed by atoms with Crippen molar-refractivity contribution in [1.82, 2.24) is 0 Å². The zero-order valence-corrected chi connectivity index (χ0v) is 12.1. The summed E-state index contributed by atoms with van der Waals surface area (Å²) in [4.78, 5) is 0. The largest absolute Gasteiger partial charge is 0.493 e. The van der Waals surface area contributed by atoms with E-state index in [1.807, 2.05) is 6.07 Å². The van der Waals surface area contributed by atoms with Gasteiger partial charge in [0.15, 0.2) is 0 Å². The molecule has 0 radical (unpaired) electrons. The zero-order chi connectivity index (χ0) is 12.1. The zero-order valence-electron chi connectivity index (χ0n) is 10.5. The van der Waals surface area contributed by atoms with E-state index in [1.54, 1.807) is 0 Å². The van der Waals surface area contributed by atoms with Crippen LogP contribution >= 0.6 is 15.9 Å². The first-order valence-corrected chi connectivity index (χ1v) is 7.62. The lowest BCUT2D eigenvalue weighted by molar-refractivity contribution is 0.115. The number of benzene rings is 1. The average Bonchev–Trinajstić information content (AvgIpc) is 2.38. The van der Waals surface area contributed by atoms with Crippen molar-refractivity contribution in [3.8, 4) is 5.75 Å². The van der Waals surface area contributed by atoms with E-state index >= 15 is 0 Å². The van der Waals surface area contributed by atoms with Crippen molar-refractivity contribution in [2.75, 3.05) is 6.61 Å². The van der Waals surface area contributed by atoms with Gasteiger partial charge in [0.1, 0.15) is 5.75 Å². The lowest BCUT2D eigenvalue weighted by Crippen LogP contribution is -2.27. The topological polar surface area (TPSA) is 9.23 Å². The van der Waals surface area contributed by atoms with Crippen molar-refractivity contribution in [1.29, 1.82) is 0 Å². The molecule has 0 amide bonds. The summed E-state index contributed by atoms with van der Waals surface area (Å²) in [5.74, 6) is 1.04. The Balaban J connectivity index is 1.96. The van der Waals surface area contributed by atoms with E-state index in [0.717, 1.165) is 17.7 Å². The van der Waals surface area contributed by atoms with Gasteiger partial charge in [-0.3, -0.25) is 0 Å². The van der Waals surface area contributed by atoms with Gasteiger partial charge in [0.05, 0.1) is 6.61 Å². The number of alkyl halides is 1. The summed E-state index contributed by atoms with van der Waals surface area (Å²) >= 11 is 3.51. The molecule has 0 spiro atoms. The van der Waals surface area contributed by atoms with Crippen molar-refractivity contribution < 1.29 is 4.74 Å². The van der Waals surface area contributed by atoms with Gasteiger partial charge in [-0.2, -0.15) is 0 Å². The molecule has 1 aliphatic rings. The molecule has 0 heterocycles. The summed E-state index contributed by atoms with van der Waals surface area (Å²) in [5.41, 5.74) is 1.63. The first-order valence-electron chi connectivity index (χ1n) is 6.50. The highest BCUT2D eigenvalue weighted by atomic mass is 79.9. The molecule has 1 aromatic carbocycles. The molecular weight excluding hydrogens is 276 g/mol. The Hall–Kier alpha value is -0.500. The second-order valence-corrected chi connectivity index (χ2v) is 5.96. The van der Waals surface area contributed by atoms with Crippen LogP contribution in [0.25, 0.3) is 0 Å². The number of hydrogen-bond acceptors (Lipinski definition) is 1. The van der Waals surface area contributed by atoms with Crippen molar-refractivity contribution in [3.05, 3.63) is 29.8 Å². The molecule has 0 N–H and O–H groups in total. The minimum Gasteiger partial charge on any atom is -0.493 e. The fraction of sp³-hybridized carbons (Fsp3) is 0.600. The van der Waals surface area contributed by atoms with Gasteiger partial charge in [-0.25, -0.2) is 0 Å². The van der Waals surface area contributed by atoms with Crippen LogP contribution in [0.5, 0.6) is 5.75 Å². The SMILES string of the molecule is CC1(COc2ccccc2CBr)CCCCC1. The van der Waals surface area contributed by atoms with Gasteiger partial charge in [-0.05, 0) is 18.9 Å². The lowest BCUT2D eigenvalue weighted by Gasteiger charge is -2.33. The third-order valence-corrected chi connectivity index (χ3v) is 4.36. The highest BCUT2D eigenvalue weighted by Gasteiger charge is 2.27. The molecule has 0 saturated heterocycles. The maximum absolute atomic E-state index is 6.04. The van der Waals surface area contributed by atoms with Gasteiger partial charge >= 0.3 is 0 Å². The van der Waals surface area contributed by atoms with E-state index in [9.17, 15) is 0 Å². The Kier molecular flexibility index (Phi) is 4.49. The third-order valence-electron chi connectivity index (χ3n) is 3.75. The van der Waals surface area contributed by atoms with E-state index in [-0.39, 0.29) is 0 Å². The number of rotatable bonds is 4. The first kappa shape index (κ1) is 12.9. The molecule has 0 bridgehead atoms. The highest BCUT2D eigenvalue weighted by molar-refractivity contribution is 9.08. The van der Waals surface area contributed by atoms with Gasteiger partial charge in [0.2, 0.25) is 0 Å². The third kappa shape index (κ3) is 3.48. The molecule has 0 aromatic heterocycles. The average molecular weight is 297 g/mol. The van der Waals surface area contributed by atoms with Crippen LogP contribution in [-0.4, -0.2) is 6.61 Å². The van der Waals surface area contributed by atoms with Crippen LogP contribution in [0, 0.1) is 5.41 Å². The summed E-state index contributed by atoms with van der Waals surface area (Å²) < 4.78 is 6.04. The molecule has 0 aliphatic heterocycles. The smallest absolute Gasteiger partial charge is 0.123 e. The molecule has 17 heavy (non-hydrogen) atoms. The predicted molar refractivity (Wildman–Crippen MR) is 75.8 cm³/mol. The molecule has 1 fully saturated rings. The second-order valence-electron chi connectivity index (χ2n) is 5.40. The van der Waals surface area contributed by atoms with Gasteiger partial charge in [0, 0.05) is 16.3 Å². The van der Waals surface area contributed by atoms with Gasteiger partial charge in [0.25, 0.3) is 0 Å². The summed E-state index contributed by atoms with van der Waals surface area (Å²) in [6, 6.07) is 8.30. The summed E-state index contributed by atoms with van der Waals surface area (Å²) in [6.07, 6.45) is 6.74. The Morgan fingerprint density at radius 1 is 1.18 bits per heavy atom. The first-order chi connectivity index (χ1) is 8.23. The van der Waals surface area contributed by atoms with Crippen LogP contribution in [-0.2, 0) is 5.33 Å². The molecule has 0 unspecified atom stereocenters. The van der Waals surface area contributed by atoms with Gasteiger partial charge in [-0.15, -0.1) is 0 Å². The van der Waals surface area contributed by atoms with E-state index in [4.69, 9.17) is 4.74 Å². The van der Waals surface area contributed by atoms with E-state index in [1.165, 1.54) is 37.7 Å². The van der Waals surface area contributed by atoms with Crippen LogP contribution in [0.3, 0.4) is 0 Å². The predicted octanol–water partition coefficient (Wildman–Crippen LogP) is 4.93. The molecule has 1 saturated carbocycles. The fourth-order valence-corrected chi connectivity index (χ4v) is 3.02. The minimum absolute atomic E-state index is 0.387. The highest BCUT2D eigenvalue weighted by Crippen LogP contribution is 2.36. The van der Waals surface area contributed by atoms with Crippen LogP contribution in [0.15, 0.2) is 24.3 Å². The molecule has 94 valence electrons. The van der Waals surface area contributed by atoms with Crippen LogP contribution in [0.2, 0.25) is 0 Å². The Morgan fingerprint density at radius 2 is 1.88 bits per heavy atom. The van der Waals surface area contributed by atoms with Crippen molar-refractivity contribution in [3.63, 3.8) is 0 Å². The molecule has 2 rings (SSSR count). The summed E-state index contributed by atoms with van der Waals surface area (Å²) in [7, 11) is 0. The summed E-state index contributed by atoms with van der Waals surface area (Å²) in [6.45, 7) is 3.22. The second kappa shape index (κ2) is 5.90. The Morgan fingerprint density at radius 3 is 2.59 bits per heavy atom. The maximum atomic E-state index is 6.04. The standard InChI is InChI=1S/C15H21BrO/c1-15(9-5-2-6-10-15)12-17-14-8-4-3-7-13(14)11-16/h3-4,7-8H,2,5-6,9-12H2,1H3. The molecule has 1 aliphatic carbocycles. The normalized spacial score (nSPS) is 18.9. The molecule has 1 nitrogen and oxygen atoms in total. The molecule has 1 aromatic rings. The van der Waals surface area contributed by atoms with Crippen molar-refractivity contribution in [2.45, 2.75) is 44.4 Å². The lowest BCUT2D eigenvalue weighted by atomic mass is 9.76. The number of halogens is 1. The summed E-state index contributed by atoms with van der Waals surface area (Å²) in [5, 5.41) is 0.861. The van der Waals surface area contributed by atoms with Crippen molar-refractivity contribution in [2.24, 2.45) is 5.41 Å². The Bertz CT molecular complexity index is 356. The fourth-order valence-electron chi connectivity index (χ4n) is 2.56. The molecule has 2 heteroatoms. The van der Waals surface area contributed by atoms with Gasteiger partial charge in [-0.1, -0.05) is 60.3 Å². The maximum Gasteiger partial charge on any atom is 0.123 e. The Labute approximate surface area is 113 Å². The monoisotopic (exact) mass is 296 g/mol.